The number of aromatic nitrogens is 1. The van der Waals surface area contributed by atoms with Crippen LogP contribution in [-0.2, 0) is 4.79 Å². The number of carbonyl (C=O) groups excluding carboxylic acids is 1. The molecule has 1 aromatic heterocycles. The first-order valence-corrected chi connectivity index (χ1v) is 6.89. The van der Waals surface area contributed by atoms with Gasteiger partial charge in [0, 0.05) is 17.3 Å². The normalized spacial score (nSPS) is 10.6. The number of hydrogen-bond acceptors (Lipinski definition) is 3. The molecule has 2 aromatic rings. The van der Waals surface area contributed by atoms with E-state index >= 15 is 0 Å². The van der Waals surface area contributed by atoms with Gasteiger partial charge < -0.3 is 10.1 Å². The van der Waals surface area contributed by atoms with Gasteiger partial charge in [0.2, 0.25) is 5.91 Å². The maximum Gasteiger partial charge on any atom is 0.249 e. The molecular weight excluding hydrogens is 288 g/mol. The lowest BCUT2D eigenvalue weighted by Gasteiger charge is -2.08. The van der Waals surface area contributed by atoms with Crippen LogP contribution in [0.4, 0.5) is 5.82 Å². The van der Waals surface area contributed by atoms with Crippen molar-refractivity contribution in [1.82, 2.24) is 4.98 Å². The van der Waals surface area contributed by atoms with E-state index in [4.69, 9.17) is 16.3 Å². The van der Waals surface area contributed by atoms with Crippen molar-refractivity contribution < 1.29 is 9.53 Å². The molecule has 108 valence electrons. The number of nitrogens with one attached hydrogen (secondary N) is 1. The first kappa shape index (κ1) is 15.1. The Morgan fingerprint density at radius 2 is 2.10 bits per heavy atom. The molecule has 0 unspecified atom stereocenters. The van der Waals surface area contributed by atoms with E-state index in [1.54, 1.807) is 36.5 Å². The van der Waals surface area contributed by atoms with Crippen LogP contribution in [0.15, 0.2) is 48.7 Å². The van der Waals surface area contributed by atoms with Crippen molar-refractivity contribution in [2.24, 2.45) is 0 Å². The van der Waals surface area contributed by atoms with Gasteiger partial charge >= 0.3 is 0 Å². The third kappa shape index (κ3) is 4.61. The quantitative estimate of drug-likeness (QED) is 0.855. The number of ether oxygens (including phenoxy) is 1. The van der Waals surface area contributed by atoms with E-state index in [1.807, 2.05) is 19.1 Å². The van der Waals surface area contributed by atoms with Crippen molar-refractivity contribution in [1.29, 1.82) is 0 Å². The molecular formula is C16H15ClN2O2. The van der Waals surface area contributed by atoms with Crippen molar-refractivity contribution in [2.75, 3.05) is 11.9 Å². The van der Waals surface area contributed by atoms with Gasteiger partial charge in [-0.25, -0.2) is 4.98 Å². The Hall–Kier alpha value is -2.33. The Morgan fingerprint density at radius 3 is 2.81 bits per heavy atom. The zero-order valence-corrected chi connectivity index (χ0v) is 12.3. The van der Waals surface area contributed by atoms with Gasteiger partial charge in [-0.15, -0.1) is 0 Å². The van der Waals surface area contributed by atoms with Crippen LogP contribution in [0.2, 0.25) is 5.02 Å². The third-order valence-electron chi connectivity index (χ3n) is 2.61. The molecule has 1 N–H and O–H groups in total. The number of pyridine rings is 1. The van der Waals surface area contributed by atoms with Crippen LogP contribution in [0, 0.1) is 0 Å². The van der Waals surface area contributed by atoms with Crippen molar-refractivity contribution in [2.45, 2.75) is 6.92 Å². The summed E-state index contributed by atoms with van der Waals surface area (Å²) in [5.41, 5.74) is 0.889. The predicted molar refractivity (Wildman–Crippen MR) is 84.5 cm³/mol. The second-order valence-corrected chi connectivity index (χ2v) is 4.59. The van der Waals surface area contributed by atoms with Crippen LogP contribution in [0.25, 0.3) is 6.08 Å². The second kappa shape index (κ2) is 7.45. The fourth-order valence-corrected chi connectivity index (χ4v) is 1.79. The third-order valence-corrected chi connectivity index (χ3v) is 2.86. The monoisotopic (exact) mass is 302 g/mol. The highest BCUT2D eigenvalue weighted by atomic mass is 35.5. The number of nitrogens with zero attached hydrogens (tertiary/aromatic N) is 1. The highest BCUT2D eigenvalue weighted by Gasteiger charge is 2.06. The van der Waals surface area contributed by atoms with Gasteiger partial charge in [0.1, 0.15) is 0 Å². The molecule has 0 aliphatic rings. The lowest BCUT2D eigenvalue weighted by molar-refractivity contribution is -0.111. The number of hydrogen-bond donors (Lipinski definition) is 1. The molecule has 0 saturated carbocycles. The smallest absolute Gasteiger partial charge is 0.249 e. The van der Waals surface area contributed by atoms with Crippen molar-refractivity contribution in [3.05, 3.63) is 59.3 Å². The van der Waals surface area contributed by atoms with Crippen molar-refractivity contribution in [3.8, 4) is 5.75 Å². The Labute approximate surface area is 128 Å². The topological polar surface area (TPSA) is 51.2 Å². The molecule has 0 atom stereocenters. The lowest BCUT2D eigenvalue weighted by Crippen LogP contribution is -2.10. The molecule has 1 amide bonds. The minimum Gasteiger partial charge on any atom is -0.490 e. The first-order chi connectivity index (χ1) is 10.2. The highest BCUT2D eigenvalue weighted by Crippen LogP contribution is 2.20. The number of benzene rings is 1. The predicted octanol–water partition coefficient (Wildman–Crippen LogP) is 3.79. The van der Waals surface area contributed by atoms with E-state index in [1.165, 1.54) is 6.08 Å². The molecule has 5 heteroatoms. The Kier molecular flexibility index (Phi) is 5.35. The summed E-state index contributed by atoms with van der Waals surface area (Å²) < 4.78 is 5.40. The fourth-order valence-electron chi connectivity index (χ4n) is 1.66. The van der Waals surface area contributed by atoms with Gasteiger partial charge in [-0.3, -0.25) is 4.79 Å². The van der Waals surface area contributed by atoms with Gasteiger partial charge in [0.15, 0.2) is 11.6 Å². The average Bonchev–Trinajstić information content (AvgIpc) is 2.49. The van der Waals surface area contributed by atoms with E-state index in [2.05, 4.69) is 10.3 Å². The SMILES string of the molecule is CCOc1cccnc1NC(=O)/C=C/c1ccc(Cl)cc1. The minimum absolute atomic E-state index is 0.274. The minimum atomic E-state index is -0.274. The highest BCUT2D eigenvalue weighted by molar-refractivity contribution is 6.30. The first-order valence-electron chi connectivity index (χ1n) is 6.51. The van der Waals surface area contributed by atoms with E-state index < -0.39 is 0 Å². The zero-order valence-electron chi connectivity index (χ0n) is 11.5. The molecule has 0 aliphatic carbocycles. The van der Waals surface area contributed by atoms with E-state index in [-0.39, 0.29) is 5.91 Å². The van der Waals surface area contributed by atoms with E-state index in [0.29, 0.717) is 23.2 Å². The van der Waals surface area contributed by atoms with Gasteiger partial charge in [-0.2, -0.15) is 0 Å². The summed E-state index contributed by atoms with van der Waals surface area (Å²) in [6.07, 6.45) is 4.74. The number of halogens is 1. The van der Waals surface area contributed by atoms with Crippen molar-refractivity contribution in [3.63, 3.8) is 0 Å². The second-order valence-electron chi connectivity index (χ2n) is 4.16. The van der Waals surface area contributed by atoms with Gasteiger partial charge in [0.25, 0.3) is 0 Å². The van der Waals surface area contributed by atoms with Gasteiger partial charge in [-0.05, 0) is 42.8 Å². The fraction of sp³-hybridized carbons (Fsp3) is 0.125. The standard InChI is InChI=1S/C16H15ClN2O2/c1-2-21-14-4-3-11-18-16(14)19-15(20)10-7-12-5-8-13(17)9-6-12/h3-11H,2H2,1H3,(H,18,19,20)/b10-7+. The number of amides is 1. The summed E-state index contributed by atoms with van der Waals surface area (Å²) in [6, 6.07) is 10.7. The summed E-state index contributed by atoms with van der Waals surface area (Å²) in [7, 11) is 0. The van der Waals surface area contributed by atoms with Crippen LogP contribution in [0.5, 0.6) is 5.75 Å². The summed E-state index contributed by atoms with van der Waals surface area (Å²) in [6.45, 7) is 2.38. The molecule has 0 saturated heterocycles. The van der Waals surface area contributed by atoms with Crippen LogP contribution < -0.4 is 10.1 Å². The van der Waals surface area contributed by atoms with Crippen LogP contribution in [0.3, 0.4) is 0 Å². The lowest BCUT2D eigenvalue weighted by atomic mass is 10.2. The maximum atomic E-state index is 11.9. The van der Waals surface area contributed by atoms with Crippen molar-refractivity contribution >= 4 is 29.4 Å². The maximum absolute atomic E-state index is 11.9. The summed E-state index contributed by atoms with van der Waals surface area (Å²) >= 11 is 5.80. The molecule has 1 heterocycles. The molecule has 0 radical (unpaired) electrons. The molecule has 0 spiro atoms. The molecule has 21 heavy (non-hydrogen) atoms. The largest absolute Gasteiger partial charge is 0.490 e. The van der Waals surface area contributed by atoms with Crippen LogP contribution >= 0.6 is 11.6 Å². The van der Waals surface area contributed by atoms with Crippen LogP contribution in [0.1, 0.15) is 12.5 Å². The van der Waals surface area contributed by atoms with Gasteiger partial charge in [0.05, 0.1) is 6.61 Å². The number of rotatable bonds is 5. The van der Waals surface area contributed by atoms with Crippen LogP contribution in [-0.4, -0.2) is 17.5 Å². The molecule has 0 aliphatic heterocycles. The molecule has 0 fully saturated rings. The molecule has 0 bridgehead atoms. The molecule has 1 aromatic carbocycles. The number of anilines is 1. The Morgan fingerprint density at radius 1 is 1.33 bits per heavy atom. The van der Waals surface area contributed by atoms with E-state index in [9.17, 15) is 4.79 Å². The summed E-state index contributed by atoms with van der Waals surface area (Å²) in [5.74, 6) is 0.683. The molecule has 4 nitrogen and oxygen atoms in total. The zero-order chi connectivity index (χ0) is 15.1. The Balaban J connectivity index is 2.03. The summed E-state index contributed by atoms with van der Waals surface area (Å²) in [4.78, 5) is 16.0. The number of carbonyl (C=O) groups is 1. The van der Waals surface area contributed by atoms with Gasteiger partial charge in [-0.1, -0.05) is 23.7 Å². The summed E-state index contributed by atoms with van der Waals surface area (Å²) in [5, 5.41) is 3.35. The van der Waals surface area contributed by atoms with E-state index in [0.717, 1.165) is 5.56 Å². The molecule has 2 rings (SSSR count). The average molecular weight is 303 g/mol. The Bertz CT molecular complexity index is 639.